The molecule has 4 N–H and O–H groups in total. The number of aromatic amines is 1. The molecule has 0 aromatic carbocycles. The Balaban J connectivity index is 0.00000242. The Labute approximate surface area is 146 Å². The third-order valence-electron chi connectivity index (χ3n) is 4.31. The van der Waals surface area contributed by atoms with Crippen LogP contribution in [-0.2, 0) is 0 Å². The van der Waals surface area contributed by atoms with Crippen molar-refractivity contribution in [2.75, 3.05) is 6.54 Å². The number of carbonyl (C=O) groups is 1. The molecular formula is C15H26BrClN4O. The lowest BCUT2D eigenvalue weighted by Crippen LogP contribution is -2.46. The van der Waals surface area contributed by atoms with Crippen LogP contribution in [0.4, 0.5) is 0 Å². The second-order valence-electron chi connectivity index (χ2n) is 6.17. The van der Waals surface area contributed by atoms with E-state index in [0.717, 1.165) is 23.0 Å². The quantitative estimate of drug-likeness (QED) is 0.717. The van der Waals surface area contributed by atoms with Gasteiger partial charge in [0.25, 0.3) is 5.91 Å². The van der Waals surface area contributed by atoms with Gasteiger partial charge >= 0.3 is 0 Å². The average Bonchev–Trinajstić information content (AvgIpc) is 2.87. The first kappa shape index (κ1) is 19.5. The van der Waals surface area contributed by atoms with Gasteiger partial charge in [-0.2, -0.15) is 5.10 Å². The predicted molar refractivity (Wildman–Crippen MR) is 94.5 cm³/mol. The van der Waals surface area contributed by atoms with E-state index in [2.05, 4.69) is 45.3 Å². The SMILES string of the molecule is CC(C)c1[nH]nc(C(=O)NC(CN)C2CCCCC2)c1Br.Cl. The molecule has 0 bridgehead atoms. The molecule has 1 atom stereocenters. The molecule has 1 heterocycles. The summed E-state index contributed by atoms with van der Waals surface area (Å²) in [7, 11) is 0. The highest BCUT2D eigenvalue weighted by molar-refractivity contribution is 9.10. The van der Waals surface area contributed by atoms with Gasteiger partial charge in [-0.1, -0.05) is 33.1 Å². The average molecular weight is 394 g/mol. The lowest BCUT2D eigenvalue weighted by Gasteiger charge is -2.29. The molecule has 0 spiro atoms. The van der Waals surface area contributed by atoms with Gasteiger partial charge in [0.1, 0.15) is 0 Å². The molecule has 0 saturated heterocycles. The number of hydrogen-bond donors (Lipinski definition) is 3. The number of nitrogens with zero attached hydrogens (tertiary/aromatic N) is 1. The summed E-state index contributed by atoms with van der Waals surface area (Å²) in [5.74, 6) is 0.637. The van der Waals surface area contributed by atoms with E-state index >= 15 is 0 Å². The van der Waals surface area contributed by atoms with Crippen molar-refractivity contribution in [2.24, 2.45) is 11.7 Å². The molecule has 0 aliphatic heterocycles. The summed E-state index contributed by atoms with van der Waals surface area (Å²) in [4.78, 5) is 12.4. The molecule has 22 heavy (non-hydrogen) atoms. The van der Waals surface area contributed by atoms with Gasteiger partial charge in [0.15, 0.2) is 5.69 Å². The molecule has 1 aliphatic rings. The van der Waals surface area contributed by atoms with E-state index < -0.39 is 0 Å². The van der Waals surface area contributed by atoms with Gasteiger partial charge in [-0.05, 0) is 40.6 Å². The van der Waals surface area contributed by atoms with E-state index in [0.29, 0.717) is 18.2 Å². The summed E-state index contributed by atoms with van der Waals surface area (Å²) in [6.07, 6.45) is 6.08. The highest BCUT2D eigenvalue weighted by atomic mass is 79.9. The molecular weight excluding hydrogens is 368 g/mol. The van der Waals surface area contributed by atoms with Crippen molar-refractivity contribution >= 4 is 34.2 Å². The molecule has 1 fully saturated rings. The number of hydrogen-bond acceptors (Lipinski definition) is 3. The maximum absolute atomic E-state index is 12.4. The fourth-order valence-corrected chi connectivity index (χ4v) is 3.83. The van der Waals surface area contributed by atoms with Crippen molar-refractivity contribution in [3.05, 3.63) is 15.9 Å². The van der Waals surface area contributed by atoms with Crippen LogP contribution >= 0.6 is 28.3 Å². The number of nitrogens with two attached hydrogens (primary N) is 1. The number of amides is 1. The predicted octanol–water partition coefficient (Wildman–Crippen LogP) is 3.35. The Bertz CT molecular complexity index is 486. The monoisotopic (exact) mass is 392 g/mol. The fourth-order valence-electron chi connectivity index (χ4n) is 3.02. The molecule has 1 saturated carbocycles. The first-order chi connectivity index (χ1) is 10.0. The van der Waals surface area contributed by atoms with Crippen LogP contribution in [0.5, 0.6) is 0 Å². The maximum atomic E-state index is 12.4. The first-order valence-corrected chi connectivity index (χ1v) is 8.58. The molecule has 1 aromatic rings. The van der Waals surface area contributed by atoms with Crippen molar-refractivity contribution in [3.8, 4) is 0 Å². The molecule has 2 rings (SSSR count). The van der Waals surface area contributed by atoms with E-state index in [1.54, 1.807) is 0 Å². The van der Waals surface area contributed by atoms with Crippen molar-refractivity contribution < 1.29 is 4.79 Å². The summed E-state index contributed by atoms with van der Waals surface area (Å²) in [5.41, 5.74) is 7.24. The number of nitrogens with one attached hydrogen (secondary N) is 2. The van der Waals surface area contributed by atoms with Crippen LogP contribution in [-0.4, -0.2) is 28.7 Å². The van der Waals surface area contributed by atoms with Crippen LogP contribution in [0.15, 0.2) is 4.47 Å². The first-order valence-electron chi connectivity index (χ1n) is 7.79. The second-order valence-corrected chi connectivity index (χ2v) is 6.96. The van der Waals surface area contributed by atoms with Gasteiger partial charge in [-0.25, -0.2) is 0 Å². The van der Waals surface area contributed by atoms with E-state index in [1.807, 2.05) is 0 Å². The Kier molecular flexibility index (Phi) is 7.86. The van der Waals surface area contributed by atoms with Gasteiger partial charge in [0, 0.05) is 12.6 Å². The lowest BCUT2D eigenvalue weighted by atomic mass is 9.84. The molecule has 126 valence electrons. The number of halogens is 2. The van der Waals surface area contributed by atoms with Crippen molar-refractivity contribution in [1.29, 1.82) is 0 Å². The van der Waals surface area contributed by atoms with Crippen LogP contribution in [0.3, 0.4) is 0 Å². The Morgan fingerprint density at radius 1 is 1.41 bits per heavy atom. The number of carbonyl (C=O) groups excluding carboxylic acids is 1. The number of rotatable bonds is 5. The number of H-pyrrole nitrogens is 1. The van der Waals surface area contributed by atoms with Crippen molar-refractivity contribution in [3.63, 3.8) is 0 Å². The zero-order valence-electron chi connectivity index (χ0n) is 13.2. The van der Waals surface area contributed by atoms with Gasteiger partial charge in [-0.3, -0.25) is 9.89 Å². The summed E-state index contributed by atoms with van der Waals surface area (Å²) in [5, 5.41) is 10.2. The van der Waals surface area contributed by atoms with Crippen LogP contribution in [0.1, 0.15) is 68.1 Å². The lowest BCUT2D eigenvalue weighted by molar-refractivity contribution is 0.0909. The zero-order valence-corrected chi connectivity index (χ0v) is 15.6. The Morgan fingerprint density at radius 2 is 2.05 bits per heavy atom. The molecule has 5 nitrogen and oxygen atoms in total. The summed E-state index contributed by atoms with van der Waals surface area (Å²) >= 11 is 3.47. The van der Waals surface area contributed by atoms with E-state index in [9.17, 15) is 4.79 Å². The zero-order chi connectivity index (χ0) is 15.4. The molecule has 1 amide bonds. The van der Waals surface area contributed by atoms with Crippen LogP contribution in [0.2, 0.25) is 0 Å². The third kappa shape index (κ3) is 4.46. The van der Waals surface area contributed by atoms with Gasteiger partial charge in [0.2, 0.25) is 0 Å². The van der Waals surface area contributed by atoms with Crippen molar-refractivity contribution in [1.82, 2.24) is 15.5 Å². The molecule has 1 unspecified atom stereocenters. The molecule has 1 aromatic heterocycles. The van der Waals surface area contributed by atoms with Crippen molar-refractivity contribution in [2.45, 2.75) is 57.9 Å². The largest absolute Gasteiger partial charge is 0.346 e. The fraction of sp³-hybridized carbons (Fsp3) is 0.733. The summed E-state index contributed by atoms with van der Waals surface area (Å²) in [6.45, 7) is 4.60. The van der Waals surface area contributed by atoms with Crippen LogP contribution in [0.25, 0.3) is 0 Å². The third-order valence-corrected chi connectivity index (χ3v) is 5.12. The van der Waals surface area contributed by atoms with E-state index in [4.69, 9.17) is 5.73 Å². The molecule has 7 heteroatoms. The standard InChI is InChI=1S/C15H25BrN4O.ClH/c1-9(2)13-12(16)14(20-19-13)15(21)18-11(8-17)10-6-4-3-5-7-10;/h9-11H,3-8,17H2,1-2H3,(H,18,21)(H,19,20);1H. The summed E-state index contributed by atoms with van der Waals surface area (Å²) in [6, 6.07) is 0.0453. The highest BCUT2D eigenvalue weighted by Gasteiger charge is 2.26. The summed E-state index contributed by atoms with van der Waals surface area (Å²) < 4.78 is 0.759. The Morgan fingerprint density at radius 3 is 2.55 bits per heavy atom. The number of aromatic nitrogens is 2. The highest BCUT2D eigenvalue weighted by Crippen LogP contribution is 2.28. The maximum Gasteiger partial charge on any atom is 0.273 e. The van der Waals surface area contributed by atoms with E-state index in [-0.39, 0.29) is 30.3 Å². The van der Waals surface area contributed by atoms with E-state index in [1.165, 1.54) is 19.3 Å². The smallest absolute Gasteiger partial charge is 0.273 e. The topological polar surface area (TPSA) is 83.8 Å². The Hall–Kier alpha value is -0.590. The van der Waals surface area contributed by atoms with Crippen LogP contribution < -0.4 is 11.1 Å². The van der Waals surface area contributed by atoms with Gasteiger partial charge in [-0.15, -0.1) is 12.4 Å². The second kappa shape index (κ2) is 8.89. The minimum atomic E-state index is -0.147. The van der Waals surface area contributed by atoms with Crippen LogP contribution in [0, 0.1) is 5.92 Å². The molecule has 0 radical (unpaired) electrons. The minimum Gasteiger partial charge on any atom is -0.346 e. The molecule has 1 aliphatic carbocycles. The van der Waals surface area contributed by atoms with Gasteiger partial charge in [0.05, 0.1) is 10.2 Å². The normalized spacial score (nSPS) is 17.1. The van der Waals surface area contributed by atoms with Gasteiger partial charge < -0.3 is 11.1 Å². The minimum absolute atomic E-state index is 0.